The molecule has 1 amide bonds. The van der Waals surface area contributed by atoms with Crippen LogP contribution in [0.25, 0.3) is 0 Å². The van der Waals surface area contributed by atoms with Gasteiger partial charge in [0.25, 0.3) is 5.91 Å². The zero-order chi connectivity index (χ0) is 14.5. The van der Waals surface area contributed by atoms with Gasteiger partial charge in [0, 0.05) is 17.5 Å². The molecule has 0 saturated heterocycles. The molecule has 0 bridgehead atoms. The number of carbonyl (C=O) groups is 1. The molecule has 0 aliphatic carbocycles. The summed E-state index contributed by atoms with van der Waals surface area (Å²) < 4.78 is 0.740. The average Bonchev–Trinajstić information content (AvgIpc) is 2.84. The summed E-state index contributed by atoms with van der Waals surface area (Å²) in [6.07, 6.45) is 0.709. The van der Waals surface area contributed by atoms with Crippen molar-refractivity contribution in [3.05, 3.63) is 56.7 Å². The first-order chi connectivity index (χ1) is 9.61. The SMILES string of the molecule is CN(Cc1ccc(Cl)s1)C(=O)c1ccccc1CCN. The molecule has 20 heavy (non-hydrogen) atoms. The molecule has 0 saturated carbocycles. The van der Waals surface area contributed by atoms with Crippen LogP contribution in [0.1, 0.15) is 20.8 Å². The average molecular weight is 309 g/mol. The molecule has 0 radical (unpaired) electrons. The fourth-order valence-electron chi connectivity index (χ4n) is 2.05. The molecule has 0 aliphatic heterocycles. The van der Waals surface area contributed by atoms with E-state index in [4.69, 9.17) is 17.3 Å². The summed E-state index contributed by atoms with van der Waals surface area (Å²) in [4.78, 5) is 15.3. The number of hydrogen-bond acceptors (Lipinski definition) is 3. The number of benzene rings is 1. The van der Waals surface area contributed by atoms with Crippen LogP contribution in [0, 0.1) is 0 Å². The highest BCUT2D eigenvalue weighted by Crippen LogP contribution is 2.23. The molecule has 106 valence electrons. The minimum Gasteiger partial charge on any atom is -0.337 e. The van der Waals surface area contributed by atoms with E-state index in [0.29, 0.717) is 19.5 Å². The fraction of sp³-hybridized carbons (Fsp3) is 0.267. The molecule has 0 unspecified atom stereocenters. The maximum Gasteiger partial charge on any atom is 0.254 e. The van der Waals surface area contributed by atoms with Crippen LogP contribution in [0.15, 0.2) is 36.4 Å². The summed E-state index contributed by atoms with van der Waals surface area (Å²) in [5.41, 5.74) is 7.32. The standard InChI is InChI=1S/C15H17ClN2OS/c1-18(10-12-6-7-14(16)20-12)15(19)13-5-3-2-4-11(13)8-9-17/h2-7H,8-10,17H2,1H3. The lowest BCUT2D eigenvalue weighted by Crippen LogP contribution is -2.27. The number of hydrogen-bond donors (Lipinski definition) is 1. The van der Waals surface area contributed by atoms with Crippen LogP contribution in [0.3, 0.4) is 0 Å². The van der Waals surface area contributed by atoms with Gasteiger partial charge in [-0.15, -0.1) is 11.3 Å². The topological polar surface area (TPSA) is 46.3 Å². The molecule has 2 aromatic rings. The Labute approximate surface area is 128 Å². The molecule has 0 aliphatic rings. The molecule has 3 nitrogen and oxygen atoms in total. The monoisotopic (exact) mass is 308 g/mol. The van der Waals surface area contributed by atoms with Crippen molar-refractivity contribution < 1.29 is 4.79 Å². The van der Waals surface area contributed by atoms with Crippen molar-refractivity contribution >= 4 is 28.8 Å². The van der Waals surface area contributed by atoms with Crippen molar-refractivity contribution in [3.8, 4) is 0 Å². The maximum absolute atomic E-state index is 12.5. The lowest BCUT2D eigenvalue weighted by molar-refractivity contribution is 0.0785. The Morgan fingerprint density at radius 3 is 2.70 bits per heavy atom. The van der Waals surface area contributed by atoms with Crippen LogP contribution in [0.2, 0.25) is 4.34 Å². The second-order valence-corrected chi connectivity index (χ2v) is 6.36. The second kappa shape index (κ2) is 6.88. The van der Waals surface area contributed by atoms with Crippen molar-refractivity contribution in [2.45, 2.75) is 13.0 Å². The third-order valence-electron chi connectivity index (χ3n) is 3.03. The molecule has 1 heterocycles. The number of carbonyl (C=O) groups excluding carboxylic acids is 1. The van der Waals surface area contributed by atoms with Crippen LogP contribution in [0.5, 0.6) is 0 Å². The van der Waals surface area contributed by atoms with Crippen LogP contribution in [-0.4, -0.2) is 24.4 Å². The molecule has 1 aromatic heterocycles. The highest BCUT2D eigenvalue weighted by molar-refractivity contribution is 7.16. The van der Waals surface area contributed by atoms with E-state index in [9.17, 15) is 4.79 Å². The van der Waals surface area contributed by atoms with E-state index in [0.717, 1.165) is 20.3 Å². The van der Waals surface area contributed by atoms with E-state index < -0.39 is 0 Å². The zero-order valence-corrected chi connectivity index (χ0v) is 12.9. The predicted octanol–water partition coefficient (Wildman–Crippen LogP) is 3.17. The van der Waals surface area contributed by atoms with Crippen LogP contribution < -0.4 is 5.73 Å². The summed E-state index contributed by atoms with van der Waals surface area (Å²) in [5.74, 6) is 0.0126. The number of halogens is 1. The fourth-order valence-corrected chi connectivity index (χ4v) is 3.19. The summed E-state index contributed by atoms with van der Waals surface area (Å²) in [5, 5.41) is 0. The molecule has 0 fully saturated rings. The Bertz CT molecular complexity index is 597. The summed E-state index contributed by atoms with van der Waals surface area (Å²) >= 11 is 7.40. The third-order valence-corrected chi connectivity index (χ3v) is 4.25. The van der Waals surface area contributed by atoms with Crippen molar-refractivity contribution in [3.63, 3.8) is 0 Å². The van der Waals surface area contributed by atoms with Crippen LogP contribution >= 0.6 is 22.9 Å². The normalized spacial score (nSPS) is 10.6. The molecule has 0 spiro atoms. The van der Waals surface area contributed by atoms with Gasteiger partial charge in [0.1, 0.15) is 0 Å². The zero-order valence-electron chi connectivity index (χ0n) is 11.3. The lowest BCUT2D eigenvalue weighted by atomic mass is 10.0. The molecular weight excluding hydrogens is 292 g/mol. The highest BCUT2D eigenvalue weighted by atomic mass is 35.5. The molecule has 2 rings (SSSR count). The third kappa shape index (κ3) is 3.60. The number of rotatable bonds is 5. The quantitative estimate of drug-likeness (QED) is 0.922. The predicted molar refractivity (Wildman–Crippen MR) is 84.3 cm³/mol. The minimum atomic E-state index is 0.0126. The van der Waals surface area contributed by atoms with Gasteiger partial charge in [-0.3, -0.25) is 4.79 Å². The van der Waals surface area contributed by atoms with Gasteiger partial charge in [-0.05, 0) is 36.7 Å². The van der Waals surface area contributed by atoms with E-state index in [1.807, 2.05) is 36.4 Å². The van der Waals surface area contributed by atoms with E-state index in [2.05, 4.69) is 0 Å². The minimum absolute atomic E-state index is 0.0126. The van der Waals surface area contributed by atoms with Gasteiger partial charge in [-0.2, -0.15) is 0 Å². The van der Waals surface area contributed by atoms with E-state index in [1.165, 1.54) is 11.3 Å². The van der Waals surface area contributed by atoms with Gasteiger partial charge in [0.15, 0.2) is 0 Å². The Hall–Kier alpha value is -1.36. The van der Waals surface area contributed by atoms with Crippen molar-refractivity contribution in [2.24, 2.45) is 5.73 Å². The summed E-state index contributed by atoms with van der Waals surface area (Å²) in [7, 11) is 1.80. The molecule has 1 aromatic carbocycles. The van der Waals surface area contributed by atoms with Crippen molar-refractivity contribution in [1.82, 2.24) is 4.90 Å². The molecule has 2 N–H and O–H groups in total. The second-order valence-electron chi connectivity index (χ2n) is 4.56. The molecule has 5 heteroatoms. The Morgan fingerprint density at radius 1 is 1.30 bits per heavy atom. The smallest absolute Gasteiger partial charge is 0.254 e. The van der Waals surface area contributed by atoms with Crippen molar-refractivity contribution in [2.75, 3.05) is 13.6 Å². The molecular formula is C15H17ClN2OS. The van der Waals surface area contributed by atoms with Gasteiger partial charge < -0.3 is 10.6 Å². The Morgan fingerprint density at radius 2 is 2.05 bits per heavy atom. The number of thiophene rings is 1. The first kappa shape index (κ1) is 15.0. The van der Waals surface area contributed by atoms with Gasteiger partial charge >= 0.3 is 0 Å². The summed E-state index contributed by atoms with van der Waals surface area (Å²) in [6, 6.07) is 11.4. The number of nitrogens with two attached hydrogens (primary N) is 1. The Kier molecular flexibility index (Phi) is 5.17. The first-order valence-corrected chi connectivity index (χ1v) is 7.59. The maximum atomic E-state index is 12.5. The Balaban J connectivity index is 2.14. The van der Waals surface area contributed by atoms with Gasteiger partial charge in [-0.1, -0.05) is 29.8 Å². The van der Waals surface area contributed by atoms with Crippen molar-refractivity contribution in [1.29, 1.82) is 0 Å². The molecule has 0 atom stereocenters. The van der Waals surface area contributed by atoms with Crippen LogP contribution in [-0.2, 0) is 13.0 Å². The van der Waals surface area contributed by atoms with Crippen LogP contribution in [0.4, 0.5) is 0 Å². The number of amides is 1. The van der Waals surface area contributed by atoms with E-state index in [-0.39, 0.29) is 5.91 Å². The largest absolute Gasteiger partial charge is 0.337 e. The first-order valence-electron chi connectivity index (χ1n) is 6.39. The van der Waals surface area contributed by atoms with E-state index >= 15 is 0 Å². The van der Waals surface area contributed by atoms with Gasteiger partial charge in [0.2, 0.25) is 0 Å². The number of nitrogens with zero attached hydrogens (tertiary/aromatic N) is 1. The lowest BCUT2D eigenvalue weighted by Gasteiger charge is -2.18. The van der Waals surface area contributed by atoms with E-state index in [1.54, 1.807) is 11.9 Å². The summed E-state index contributed by atoms with van der Waals surface area (Å²) in [6.45, 7) is 1.10. The highest BCUT2D eigenvalue weighted by Gasteiger charge is 2.15. The van der Waals surface area contributed by atoms with Gasteiger partial charge in [0.05, 0.1) is 10.9 Å². The van der Waals surface area contributed by atoms with Gasteiger partial charge in [-0.25, -0.2) is 0 Å².